The molecule has 4 aromatic carbocycles. The molecule has 0 radical (unpaired) electrons. The number of nitrogens with two attached hydrogens (primary N) is 1. The minimum Gasteiger partial charge on any atom is -0.343 e. The molecule has 0 bridgehead atoms. The van der Waals surface area contributed by atoms with Gasteiger partial charge in [0.1, 0.15) is 18.7 Å². The van der Waals surface area contributed by atoms with Gasteiger partial charge in [0.05, 0.1) is 62.3 Å². The fraction of sp³-hybridized carbons (Fsp3) is 0.500. The van der Waals surface area contributed by atoms with Gasteiger partial charge in [0.2, 0.25) is 72.4 Å². The summed E-state index contributed by atoms with van der Waals surface area (Å²) in [5, 5.41) is 16.0. The predicted molar refractivity (Wildman–Crippen MR) is 340 cm³/mol. The van der Waals surface area contributed by atoms with Crippen molar-refractivity contribution in [1.29, 1.82) is 0 Å². The number of carbonyl (C=O) groups is 7. The van der Waals surface area contributed by atoms with Crippen LogP contribution >= 0.6 is 0 Å². The van der Waals surface area contributed by atoms with E-state index in [2.05, 4.69) is 10.6 Å². The van der Waals surface area contributed by atoms with Gasteiger partial charge in [0.25, 0.3) is 0 Å². The highest BCUT2D eigenvalue weighted by Gasteiger charge is 2.41. The second kappa shape index (κ2) is 36.1. The van der Waals surface area contributed by atoms with E-state index in [0.717, 1.165) is 72.8 Å². The van der Waals surface area contributed by atoms with Crippen LogP contribution in [0.1, 0.15) is 74.6 Å². The zero-order valence-corrected chi connectivity index (χ0v) is 57.5. The fourth-order valence-electron chi connectivity index (χ4n) is 10.3. The van der Waals surface area contributed by atoms with Crippen LogP contribution in [-0.2, 0) is 93.6 Å². The lowest BCUT2D eigenvalue weighted by atomic mass is 10.0. The van der Waals surface area contributed by atoms with E-state index in [1.165, 1.54) is 35.8 Å². The number of likely N-dealkylation sites (N-methyl/N-ethyl adjacent to an activating group) is 3. The maximum Gasteiger partial charge on any atom is 0.416 e. The van der Waals surface area contributed by atoms with E-state index in [1.54, 1.807) is 0 Å². The SMILES string of the molecule is CCCC[C@H](CN(C=O)OCc1ccccc1)C(=O)N[C@H]1CN(S(=O)(=O)c2ccc(C(F)(F)F)cc2)CCN(C)C1=O.CCCC[C@H](CN(O)C=O)C(=O)N[C@H]1CN(S(=O)(=O)c2ccc(C(F)(F)F)cc2)CCN(C)C1=O.CN1CCN(S(=O)(=O)c2ccc(C(F)(F)F)cc2)C[C@H](N)C1=O. The van der Waals surface area contributed by atoms with Crippen molar-refractivity contribution >= 4 is 72.4 Å². The number of sulfonamides is 3. The van der Waals surface area contributed by atoms with Crippen LogP contribution in [0, 0.1) is 11.8 Å². The van der Waals surface area contributed by atoms with Crippen LogP contribution < -0.4 is 16.4 Å². The van der Waals surface area contributed by atoms with Crippen molar-refractivity contribution in [3.63, 3.8) is 0 Å². The van der Waals surface area contributed by atoms with Crippen molar-refractivity contribution in [1.82, 2.24) is 48.4 Å². The third-order valence-electron chi connectivity index (χ3n) is 16.2. The number of benzene rings is 4. The molecule has 3 heterocycles. The van der Waals surface area contributed by atoms with Crippen molar-refractivity contribution in [3.05, 3.63) is 125 Å². The Morgan fingerprint density at radius 3 is 1.21 bits per heavy atom. The first-order valence-electron chi connectivity index (χ1n) is 31.1. The summed E-state index contributed by atoms with van der Waals surface area (Å²) >= 11 is 0. The van der Waals surface area contributed by atoms with Crippen LogP contribution in [0.2, 0.25) is 0 Å². The highest BCUT2D eigenvalue weighted by Crippen LogP contribution is 2.34. The molecule has 5 N–H and O–H groups in total. The predicted octanol–water partition coefficient (Wildman–Crippen LogP) is 4.85. The van der Waals surface area contributed by atoms with Gasteiger partial charge in [-0.05, 0) is 91.2 Å². The highest BCUT2D eigenvalue weighted by atomic mass is 32.2. The number of hydrogen-bond acceptors (Lipinski definition) is 16. The van der Waals surface area contributed by atoms with Crippen molar-refractivity contribution < 1.29 is 108 Å². The quantitative estimate of drug-likeness (QED) is 0.0298. The number of halogens is 9. The maximum absolute atomic E-state index is 13.4. The maximum atomic E-state index is 13.4. The number of carbonyl (C=O) groups excluding carboxylic acids is 7. The molecule has 3 fully saturated rings. The van der Waals surface area contributed by atoms with Gasteiger partial charge in [-0.25, -0.2) is 35.4 Å². The lowest BCUT2D eigenvalue weighted by Gasteiger charge is -2.27. The van der Waals surface area contributed by atoms with Crippen LogP contribution in [0.4, 0.5) is 39.5 Å². The second-order valence-corrected chi connectivity index (χ2v) is 29.3. The summed E-state index contributed by atoms with van der Waals surface area (Å²) in [7, 11) is -8.18. The van der Waals surface area contributed by atoms with Crippen LogP contribution in [0.5, 0.6) is 0 Å². The van der Waals surface area contributed by atoms with E-state index in [-0.39, 0.29) is 92.5 Å². The summed E-state index contributed by atoms with van der Waals surface area (Å²) in [4.78, 5) is 94.9. The number of nitrogens with one attached hydrogen (secondary N) is 2. The number of unbranched alkanes of at least 4 members (excludes halogenated alkanes) is 2. The zero-order chi connectivity index (χ0) is 74.7. The Balaban J connectivity index is 0.000000282. The molecule has 100 heavy (non-hydrogen) atoms. The molecule has 3 aliphatic rings. The molecule has 0 spiro atoms. The monoisotopic (exact) mass is 1490 g/mol. The van der Waals surface area contributed by atoms with Gasteiger partial charge in [-0.1, -0.05) is 69.9 Å². The summed E-state index contributed by atoms with van der Waals surface area (Å²) in [5.74, 6) is -4.24. The number of nitrogens with zero attached hydrogens (tertiary/aromatic N) is 8. The molecule has 0 aliphatic carbocycles. The molecule has 3 aliphatic heterocycles. The molecule has 0 unspecified atom stereocenters. The molecule has 7 amide bonds. The normalized spacial score (nSPS) is 18.7. The molecular weight excluding hydrogens is 1410 g/mol. The standard InChI is InChI=1S/C28H35F3N4O6S.C21H29F3N4O6S.C13H16F3N3O3S/c1-3-4-10-22(17-34(20-36)41-19-21-8-6-5-7-9-21)26(37)32-25-18-35(16-15-33(2)27(25)38)42(39,40)24-13-11-23(12-14-24)28(29,30)31;1-3-4-5-15(12-27(32)14-29)19(30)25-18-13-28(11-10-26(2)20(18)31)35(33,34)17-8-6-16(7-9-17)21(22,23)24;1-18-6-7-19(8-11(17)12(18)20)23(21,22)10-4-2-9(3-5-10)13(14,15)16/h5-9,11-14,20,22,25H,3-4,10,15-19H2,1-2H3,(H,32,37);6-9,14-15,18,32H,3-5,10-13H2,1-2H3,(H,25,30);2-5,11H,6-8,17H2,1H3/t22-,25+;15-,18+;11-/m110/s1. The number of rotatable bonds is 25. The third kappa shape index (κ3) is 23.1. The highest BCUT2D eigenvalue weighted by molar-refractivity contribution is 7.89. The summed E-state index contributed by atoms with van der Waals surface area (Å²) in [5.41, 5.74) is 3.56. The molecule has 5 atom stereocenters. The Bertz CT molecular complexity index is 3760. The molecule has 0 saturated carbocycles. The molecule has 3 saturated heterocycles. The van der Waals surface area contributed by atoms with Gasteiger partial charge in [-0.3, -0.25) is 43.6 Å². The molecule has 0 aromatic heterocycles. The molecule has 554 valence electrons. The molecule has 26 nitrogen and oxygen atoms in total. The van der Waals surface area contributed by atoms with E-state index >= 15 is 0 Å². The number of alkyl halides is 9. The zero-order valence-electron chi connectivity index (χ0n) is 55.0. The van der Waals surface area contributed by atoms with Crippen LogP contribution in [-0.4, -0.2) is 222 Å². The van der Waals surface area contributed by atoms with E-state index in [0.29, 0.717) is 73.6 Å². The van der Waals surface area contributed by atoms with Gasteiger partial charge in [0.15, 0.2) is 0 Å². The van der Waals surface area contributed by atoms with Gasteiger partial charge >= 0.3 is 18.5 Å². The Kier molecular flexibility index (Phi) is 29.9. The van der Waals surface area contributed by atoms with Gasteiger partial charge in [-0.2, -0.15) is 52.4 Å². The minimum atomic E-state index is -4.63. The van der Waals surface area contributed by atoms with Gasteiger partial charge < -0.3 is 31.1 Å². The van der Waals surface area contributed by atoms with Crippen molar-refractivity contribution in [2.45, 2.75) is 110 Å². The smallest absolute Gasteiger partial charge is 0.343 e. The van der Waals surface area contributed by atoms with Crippen LogP contribution in [0.15, 0.2) is 118 Å². The Morgan fingerprint density at radius 2 is 0.880 bits per heavy atom. The van der Waals surface area contributed by atoms with Crippen molar-refractivity contribution in [2.75, 3.05) is 93.1 Å². The average Bonchev–Trinajstić information content (AvgIpc) is 1.38. The van der Waals surface area contributed by atoms with Gasteiger partial charge in [0, 0.05) is 80.0 Å². The van der Waals surface area contributed by atoms with Crippen molar-refractivity contribution in [3.8, 4) is 0 Å². The Labute approximate surface area is 573 Å². The number of hydrogen-bond donors (Lipinski definition) is 4. The lowest BCUT2D eigenvalue weighted by Crippen LogP contribution is -2.53. The summed E-state index contributed by atoms with van der Waals surface area (Å²) in [6, 6.07) is 14.9. The molecule has 4 aromatic rings. The van der Waals surface area contributed by atoms with Crippen molar-refractivity contribution in [2.24, 2.45) is 17.6 Å². The van der Waals surface area contributed by atoms with Gasteiger partial charge in [-0.15, -0.1) is 0 Å². The minimum absolute atomic E-state index is 0.000108. The molecule has 7 rings (SSSR count). The van der Waals surface area contributed by atoms with Crippen LogP contribution in [0.3, 0.4) is 0 Å². The van der Waals surface area contributed by atoms with E-state index in [4.69, 9.17) is 10.6 Å². The fourth-order valence-corrected chi connectivity index (χ4v) is 14.6. The summed E-state index contributed by atoms with van der Waals surface area (Å²) < 4.78 is 196. The van der Waals surface area contributed by atoms with E-state index in [9.17, 15) is 104 Å². The number of amides is 7. The molecule has 38 heteroatoms. The molecular formula is C62H80F9N11O15S3. The topological polar surface area (TPSA) is 327 Å². The Hall–Kier alpha value is -7.85. The Morgan fingerprint density at radius 1 is 0.540 bits per heavy atom. The average molecular weight is 1490 g/mol. The summed E-state index contributed by atoms with van der Waals surface area (Å²) in [6.45, 7) is 2.41. The lowest BCUT2D eigenvalue weighted by molar-refractivity contribution is -0.182. The second-order valence-electron chi connectivity index (χ2n) is 23.5. The third-order valence-corrected chi connectivity index (χ3v) is 21.8. The number of hydroxylamine groups is 4. The largest absolute Gasteiger partial charge is 0.416 e. The first-order valence-corrected chi connectivity index (χ1v) is 35.5. The van der Waals surface area contributed by atoms with Crippen LogP contribution in [0.25, 0.3) is 0 Å². The van der Waals surface area contributed by atoms with E-state index in [1.807, 2.05) is 44.2 Å². The first-order chi connectivity index (χ1) is 46.7. The summed E-state index contributed by atoms with van der Waals surface area (Å²) in [6.07, 6.45) is -9.72. The van der Waals surface area contributed by atoms with E-state index < -0.39 is 132 Å². The first kappa shape index (κ1) is 82.8.